The summed E-state index contributed by atoms with van der Waals surface area (Å²) in [6, 6.07) is 19.4. The third-order valence-electron chi connectivity index (χ3n) is 4.97. The molecule has 0 saturated carbocycles. The van der Waals surface area contributed by atoms with E-state index in [0.717, 1.165) is 33.6 Å². The Balaban J connectivity index is 0.000000479. The minimum absolute atomic E-state index is 0.480. The van der Waals surface area contributed by atoms with Gasteiger partial charge in [-0.25, -0.2) is 9.78 Å². The largest absolute Gasteiger partial charge is 0.490 e. The zero-order valence-electron chi connectivity index (χ0n) is 19.7. The van der Waals surface area contributed by atoms with Gasteiger partial charge < -0.3 is 15.7 Å². The van der Waals surface area contributed by atoms with Crippen LogP contribution in [0.25, 0.3) is 11.1 Å². The van der Waals surface area contributed by atoms with Crippen molar-refractivity contribution in [3.8, 4) is 17.2 Å². The summed E-state index contributed by atoms with van der Waals surface area (Å²) in [7, 11) is 0. The van der Waals surface area contributed by atoms with Crippen molar-refractivity contribution in [2.24, 2.45) is 0 Å². The average molecular weight is 506 g/mol. The van der Waals surface area contributed by atoms with Gasteiger partial charge in [-0.2, -0.15) is 23.4 Å². The van der Waals surface area contributed by atoms with Crippen molar-refractivity contribution in [1.82, 2.24) is 15.0 Å². The number of pyridine rings is 1. The van der Waals surface area contributed by atoms with Crippen LogP contribution in [0.4, 0.5) is 36.3 Å². The van der Waals surface area contributed by atoms with E-state index >= 15 is 0 Å². The number of carboxylic acids is 1. The lowest BCUT2D eigenvalue weighted by Crippen LogP contribution is -2.21. The predicted molar refractivity (Wildman–Crippen MR) is 133 cm³/mol. The van der Waals surface area contributed by atoms with E-state index in [4.69, 9.17) is 15.2 Å². The molecule has 0 atom stereocenters. The highest BCUT2D eigenvalue weighted by Gasteiger charge is 2.38. The summed E-state index contributed by atoms with van der Waals surface area (Å²) in [5, 5.41) is 22.6. The van der Waals surface area contributed by atoms with Gasteiger partial charge in [-0.1, -0.05) is 0 Å². The number of anilines is 4. The summed E-state index contributed by atoms with van der Waals surface area (Å²) in [6.07, 6.45) is 0.224. The first-order chi connectivity index (χ1) is 17.6. The van der Waals surface area contributed by atoms with Crippen LogP contribution in [-0.4, -0.2) is 32.2 Å². The molecule has 2 heterocycles. The number of aliphatic carboxylic acids is 1. The first-order valence-electron chi connectivity index (χ1n) is 10.8. The Bertz CT molecular complexity index is 1400. The number of rotatable bonds is 5. The molecule has 0 unspecified atom stereocenters. The summed E-state index contributed by atoms with van der Waals surface area (Å²) in [5.41, 5.74) is 7.00. The van der Waals surface area contributed by atoms with Crippen LogP contribution in [0.15, 0.2) is 73.2 Å². The van der Waals surface area contributed by atoms with Gasteiger partial charge in [0.15, 0.2) is 0 Å². The molecule has 0 aliphatic heterocycles. The fourth-order valence-electron chi connectivity index (χ4n) is 3.25. The minimum atomic E-state index is -5.08. The molecule has 2 aromatic carbocycles. The van der Waals surface area contributed by atoms with Gasteiger partial charge in [0.05, 0.1) is 11.6 Å². The second-order valence-corrected chi connectivity index (χ2v) is 7.73. The quantitative estimate of drug-likeness (QED) is 0.295. The van der Waals surface area contributed by atoms with E-state index in [0.29, 0.717) is 17.3 Å². The monoisotopic (exact) mass is 506 g/mol. The van der Waals surface area contributed by atoms with Crippen molar-refractivity contribution in [1.29, 1.82) is 5.26 Å². The van der Waals surface area contributed by atoms with E-state index in [9.17, 15) is 13.2 Å². The maximum atomic E-state index is 10.6. The Labute approximate surface area is 210 Å². The lowest BCUT2D eigenvalue weighted by Gasteiger charge is -2.15. The molecule has 0 aliphatic rings. The van der Waals surface area contributed by atoms with Gasteiger partial charge in [0.1, 0.15) is 5.82 Å². The first-order valence-corrected chi connectivity index (χ1v) is 10.8. The highest BCUT2D eigenvalue weighted by atomic mass is 19.4. The van der Waals surface area contributed by atoms with Crippen LogP contribution in [0.3, 0.4) is 0 Å². The number of benzene rings is 2. The molecule has 0 aliphatic carbocycles. The standard InChI is InChI=1S/C24H20N6.C2HF3O2/c1-16-13-20(19-7-10-26-11-8-19)14-17(2)23(16)29-22-9-12-27-24(30-22)28-21-5-3-18(15-25)4-6-21;3-2(4,5)1(6)7/h3-14H,1-2H3,(H2,27,28,29,30);(H,6,7). The molecule has 4 rings (SSSR count). The fraction of sp³-hybridized carbons (Fsp3) is 0.115. The van der Waals surface area contributed by atoms with Gasteiger partial charge in [-0.15, -0.1) is 0 Å². The normalized spacial score (nSPS) is 10.5. The summed E-state index contributed by atoms with van der Waals surface area (Å²) in [6.45, 7) is 4.16. The number of carbonyl (C=O) groups is 1. The van der Waals surface area contributed by atoms with Crippen molar-refractivity contribution < 1.29 is 23.1 Å². The molecular weight excluding hydrogens is 485 g/mol. The molecule has 4 aromatic rings. The predicted octanol–water partition coefficient (Wildman–Crippen LogP) is 6.15. The number of nitrogens with zero attached hydrogens (tertiary/aromatic N) is 4. The highest BCUT2D eigenvalue weighted by molar-refractivity contribution is 5.74. The summed E-state index contributed by atoms with van der Waals surface area (Å²) in [5.74, 6) is -1.58. The molecule has 0 spiro atoms. The Morgan fingerprint density at radius 2 is 1.51 bits per heavy atom. The van der Waals surface area contributed by atoms with Crippen LogP contribution < -0.4 is 10.6 Å². The SMILES string of the molecule is Cc1cc(-c2ccncc2)cc(C)c1Nc1ccnc(Nc2ccc(C#N)cc2)n1.O=C(O)C(F)(F)F. The van der Waals surface area contributed by atoms with Gasteiger partial charge in [0, 0.05) is 30.0 Å². The second-order valence-electron chi connectivity index (χ2n) is 7.73. The van der Waals surface area contributed by atoms with Crippen molar-refractivity contribution in [2.45, 2.75) is 20.0 Å². The van der Waals surface area contributed by atoms with E-state index in [2.05, 4.69) is 57.6 Å². The molecule has 37 heavy (non-hydrogen) atoms. The number of carboxylic acid groups (broad SMARTS) is 1. The number of halogens is 3. The number of aromatic nitrogens is 3. The number of hydrogen-bond donors (Lipinski definition) is 3. The van der Waals surface area contributed by atoms with E-state index in [1.807, 2.05) is 30.3 Å². The van der Waals surface area contributed by atoms with Gasteiger partial charge in [-0.3, -0.25) is 4.98 Å². The number of nitriles is 1. The zero-order chi connectivity index (χ0) is 27.0. The summed E-state index contributed by atoms with van der Waals surface area (Å²) < 4.78 is 31.7. The van der Waals surface area contributed by atoms with Crippen LogP contribution in [0.2, 0.25) is 0 Å². The second kappa shape index (κ2) is 11.6. The Kier molecular flexibility index (Phi) is 8.37. The molecular formula is C26H21F3N6O2. The van der Waals surface area contributed by atoms with E-state index in [1.54, 1.807) is 30.7 Å². The summed E-state index contributed by atoms with van der Waals surface area (Å²) in [4.78, 5) is 21.8. The van der Waals surface area contributed by atoms with Crippen LogP contribution in [0.1, 0.15) is 16.7 Å². The minimum Gasteiger partial charge on any atom is -0.475 e. The number of aryl methyl sites for hydroxylation is 2. The Morgan fingerprint density at radius 1 is 0.919 bits per heavy atom. The topological polar surface area (TPSA) is 124 Å². The van der Waals surface area contributed by atoms with Gasteiger partial charge >= 0.3 is 12.1 Å². The molecule has 0 radical (unpaired) electrons. The van der Waals surface area contributed by atoms with E-state index in [-0.39, 0.29) is 0 Å². The first kappa shape index (κ1) is 26.6. The van der Waals surface area contributed by atoms with E-state index in [1.165, 1.54) is 0 Å². The number of hydrogen-bond acceptors (Lipinski definition) is 7. The smallest absolute Gasteiger partial charge is 0.475 e. The fourth-order valence-corrected chi connectivity index (χ4v) is 3.25. The van der Waals surface area contributed by atoms with Gasteiger partial charge in [0.25, 0.3) is 0 Å². The molecule has 0 amide bonds. The van der Waals surface area contributed by atoms with Crippen LogP contribution in [0.5, 0.6) is 0 Å². The maximum Gasteiger partial charge on any atom is 0.490 e. The molecule has 11 heteroatoms. The lowest BCUT2D eigenvalue weighted by molar-refractivity contribution is -0.192. The molecule has 2 aromatic heterocycles. The Hall–Kier alpha value is -4.98. The molecule has 8 nitrogen and oxygen atoms in total. The summed E-state index contributed by atoms with van der Waals surface area (Å²) >= 11 is 0. The molecule has 188 valence electrons. The molecule has 0 saturated heterocycles. The third kappa shape index (κ3) is 7.50. The zero-order valence-corrected chi connectivity index (χ0v) is 19.7. The van der Waals surface area contributed by atoms with Crippen molar-refractivity contribution in [3.63, 3.8) is 0 Å². The molecule has 0 bridgehead atoms. The van der Waals surface area contributed by atoms with Crippen LogP contribution in [0, 0.1) is 25.2 Å². The van der Waals surface area contributed by atoms with Gasteiger partial charge in [0.2, 0.25) is 5.95 Å². The average Bonchev–Trinajstić information content (AvgIpc) is 2.87. The Morgan fingerprint density at radius 3 is 2.05 bits per heavy atom. The van der Waals surface area contributed by atoms with Crippen LogP contribution >= 0.6 is 0 Å². The van der Waals surface area contributed by atoms with Crippen LogP contribution in [-0.2, 0) is 4.79 Å². The molecule has 0 fully saturated rings. The van der Waals surface area contributed by atoms with Gasteiger partial charge in [-0.05, 0) is 90.7 Å². The number of nitrogens with one attached hydrogen (secondary N) is 2. The third-order valence-corrected chi connectivity index (χ3v) is 4.97. The van der Waals surface area contributed by atoms with Crippen molar-refractivity contribution in [2.75, 3.05) is 10.6 Å². The van der Waals surface area contributed by atoms with E-state index < -0.39 is 12.1 Å². The maximum absolute atomic E-state index is 10.6. The lowest BCUT2D eigenvalue weighted by atomic mass is 9.99. The van der Waals surface area contributed by atoms with Crippen molar-refractivity contribution >= 4 is 29.1 Å². The van der Waals surface area contributed by atoms with Crippen molar-refractivity contribution in [3.05, 3.63) is 89.9 Å². The molecule has 3 N–H and O–H groups in total. The highest BCUT2D eigenvalue weighted by Crippen LogP contribution is 2.30. The number of alkyl halides is 3.